The van der Waals surface area contributed by atoms with Crippen molar-refractivity contribution in [3.8, 4) is 0 Å². The molecule has 0 atom stereocenters. The zero-order valence-corrected chi connectivity index (χ0v) is 17.2. The standard InChI is InChI=1S/C18H25N3O7S/c1-13(2)11-19-18(24)20-16(22)12-28-17(23)14-3-5-15(6-4-14)29(25,26)21-7-9-27-10-8-21/h3-6,13H,7-12H2,1-2H3,(H2,19,20,22,24). The van der Waals surface area contributed by atoms with Gasteiger partial charge in [-0.05, 0) is 30.2 Å². The molecule has 1 aliphatic rings. The van der Waals surface area contributed by atoms with Gasteiger partial charge in [-0.3, -0.25) is 10.1 Å². The number of hydrogen-bond acceptors (Lipinski definition) is 7. The number of carbonyl (C=O) groups is 3. The maximum absolute atomic E-state index is 12.5. The van der Waals surface area contributed by atoms with Gasteiger partial charge in [0.1, 0.15) is 0 Å². The molecule has 1 aliphatic heterocycles. The summed E-state index contributed by atoms with van der Waals surface area (Å²) >= 11 is 0. The smallest absolute Gasteiger partial charge is 0.338 e. The van der Waals surface area contributed by atoms with Crippen molar-refractivity contribution in [2.45, 2.75) is 18.7 Å². The van der Waals surface area contributed by atoms with Crippen molar-refractivity contribution in [2.24, 2.45) is 5.92 Å². The summed E-state index contributed by atoms with van der Waals surface area (Å²) in [6.45, 7) is 4.78. The van der Waals surface area contributed by atoms with Gasteiger partial charge in [0, 0.05) is 19.6 Å². The number of morpholine rings is 1. The number of esters is 1. The van der Waals surface area contributed by atoms with Gasteiger partial charge in [0.2, 0.25) is 10.0 Å². The number of amides is 3. The molecule has 0 radical (unpaired) electrons. The number of sulfonamides is 1. The van der Waals surface area contributed by atoms with Gasteiger partial charge in [0.25, 0.3) is 5.91 Å². The molecule has 0 saturated carbocycles. The highest BCUT2D eigenvalue weighted by Gasteiger charge is 2.26. The monoisotopic (exact) mass is 427 g/mol. The van der Waals surface area contributed by atoms with Crippen LogP contribution in [-0.2, 0) is 24.3 Å². The van der Waals surface area contributed by atoms with Gasteiger partial charge in [-0.2, -0.15) is 4.31 Å². The third-order valence-corrected chi connectivity index (χ3v) is 5.87. The van der Waals surface area contributed by atoms with Crippen LogP contribution in [0.2, 0.25) is 0 Å². The van der Waals surface area contributed by atoms with Gasteiger partial charge >= 0.3 is 12.0 Å². The number of nitrogens with zero attached hydrogens (tertiary/aromatic N) is 1. The van der Waals surface area contributed by atoms with Crippen molar-refractivity contribution in [1.82, 2.24) is 14.9 Å². The minimum Gasteiger partial charge on any atom is -0.452 e. The van der Waals surface area contributed by atoms with Gasteiger partial charge in [-0.1, -0.05) is 13.8 Å². The van der Waals surface area contributed by atoms with E-state index in [1.165, 1.54) is 28.6 Å². The lowest BCUT2D eigenvalue weighted by molar-refractivity contribution is -0.123. The molecule has 0 aliphatic carbocycles. The Morgan fingerprint density at radius 3 is 2.34 bits per heavy atom. The van der Waals surface area contributed by atoms with Crippen LogP contribution in [0.25, 0.3) is 0 Å². The number of ether oxygens (including phenoxy) is 2. The van der Waals surface area contributed by atoms with Crippen molar-refractivity contribution in [1.29, 1.82) is 0 Å². The summed E-state index contributed by atoms with van der Waals surface area (Å²) in [5, 5.41) is 4.55. The Bertz CT molecular complexity index is 832. The fraction of sp³-hybridized carbons (Fsp3) is 0.500. The Morgan fingerprint density at radius 1 is 1.14 bits per heavy atom. The Balaban J connectivity index is 1.87. The molecular weight excluding hydrogens is 402 g/mol. The normalized spacial score (nSPS) is 15.0. The first-order chi connectivity index (χ1) is 13.7. The van der Waals surface area contributed by atoms with E-state index >= 15 is 0 Å². The van der Waals surface area contributed by atoms with Crippen LogP contribution < -0.4 is 10.6 Å². The molecule has 0 aromatic heterocycles. The Morgan fingerprint density at radius 2 is 1.76 bits per heavy atom. The van der Waals surface area contributed by atoms with Crippen LogP contribution in [0.4, 0.5) is 4.79 Å². The summed E-state index contributed by atoms with van der Waals surface area (Å²) < 4.78 is 36.4. The summed E-state index contributed by atoms with van der Waals surface area (Å²) in [6, 6.07) is 4.56. The number of urea groups is 1. The van der Waals surface area contributed by atoms with E-state index in [9.17, 15) is 22.8 Å². The van der Waals surface area contributed by atoms with Crippen LogP contribution in [0.3, 0.4) is 0 Å². The van der Waals surface area contributed by atoms with Crippen LogP contribution in [0.5, 0.6) is 0 Å². The SMILES string of the molecule is CC(C)CNC(=O)NC(=O)COC(=O)c1ccc(S(=O)(=O)N2CCOCC2)cc1. The van der Waals surface area contributed by atoms with Crippen LogP contribution in [0.15, 0.2) is 29.2 Å². The van der Waals surface area contributed by atoms with Crippen molar-refractivity contribution in [3.63, 3.8) is 0 Å². The number of imide groups is 1. The highest BCUT2D eigenvalue weighted by Crippen LogP contribution is 2.18. The number of carbonyl (C=O) groups excluding carboxylic acids is 3. The Kier molecular flexibility index (Phi) is 8.11. The molecule has 160 valence electrons. The minimum atomic E-state index is -3.66. The third-order valence-electron chi connectivity index (χ3n) is 3.96. The zero-order chi connectivity index (χ0) is 21.4. The second-order valence-electron chi connectivity index (χ2n) is 6.77. The molecule has 1 aromatic rings. The zero-order valence-electron chi connectivity index (χ0n) is 16.3. The fourth-order valence-corrected chi connectivity index (χ4v) is 3.83. The molecule has 2 N–H and O–H groups in total. The summed E-state index contributed by atoms with van der Waals surface area (Å²) in [4.78, 5) is 35.2. The van der Waals surface area contributed by atoms with E-state index in [2.05, 4.69) is 5.32 Å². The second-order valence-corrected chi connectivity index (χ2v) is 8.71. The highest BCUT2D eigenvalue weighted by atomic mass is 32.2. The Hall–Kier alpha value is -2.50. The number of hydrogen-bond donors (Lipinski definition) is 2. The lowest BCUT2D eigenvalue weighted by Gasteiger charge is -2.26. The lowest BCUT2D eigenvalue weighted by Crippen LogP contribution is -2.42. The largest absolute Gasteiger partial charge is 0.452 e. The minimum absolute atomic E-state index is 0.0514. The van der Waals surface area contributed by atoms with Gasteiger partial charge in [-0.15, -0.1) is 0 Å². The first-order valence-electron chi connectivity index (χ1n) is 9.13. The quantitative estimate of drug-likeness (QED) is 0.600. The van der Waals surface area contributed by atoms with Gasteiger partial charge < -0.3 is 14.8 Å². The van der Waals surface area contributed by atoms with E-state index in [1.54, 1.807) is 0 Å². The number of rotatable bonds is 7. The van der Waals surface area contributed by atoms with E-state index in [-0.39, 0.29) is 29.5 Å². The molecule has 1 aromatic carbocycles. The summed E-state index contributed by atoms with van der Waals surface area (Å²) in [5.41, 5.74) is 0.0861. The van der Waals surface area contributed by atoms with Crippen LogP contribution in [0.1, 0.15) is 24.2 Å². The van der Waals surface area contributed by atoms with E-state index in [0.29, 0.717) is 19.8 Å². The van der Waals surface area contributed by atoms with E-state index in [0.717, 1.165) is 0 Å². The molecule has 11 heteroatoms. The summed E-state index contributed by atoms with van der Waals surface area (Å²) in [7, 11) is -3.66. The maximum atomic E-state index is 12.5. The predicted octanol–water partition coefficient (Wildman–Crippen LogP) is 0.346. The van der Waals surface area contributed by atoms with Crippen molar-refractivity contribution in [3.05, 3.63) is 29.8 Å². The first-order valence-corrected chi connectivity index (χ1v) is 10.6. The number of nitrogens with one attached hydrogen (secondary N) is 2. The molecule has 0 unspecified atom stereocenters. The fourth-order valence-electron chi connectivity index (χ4n) is 2.42. The molecule has 3 amide bonds. The molecule has 10 nitrogen and oxygen atoms in total. The first kappa shape index (κ1) is 22.8. The van der Waals surface area contributed by atoms with Gasteiger partial charge in [0.15, 0.2) is 6.61 Å². The topological polar surface area (TPSA) is 131 Å². The van der Waals surface area contributed by atoms with Gasteiger partial charge in [0.05, 0.1) is 23.7 Å². The molecule has 0 bridgehead atoms. The van der Waals surface area contributed by atoms with E-state index in [1.807, 2.05) is 19.2 Å². The molecule has 0 spiro atoms. The third kappa shape index (κ3) is 6.80. The summed E-state index contributed by atoms with van der Waals surface area (Å²) in [6.07, 6.45) is 0. The van der Waals surface area contributed by atoms with Crippen molar-refractivity contribution >= 4 is 27.9 Å². The molecule has 29 heavy (non-hydrogen) atoms. The highest BCUT2D eigenvalue weighted by molar-refractivity contribution is 7.89. The molecule has 1 fully saturated rings. The van der Waals surface area contributed by atoms with Crippen LogP contribution in [0, 0.1) is 5.92 Å². The molecule has 1 heterocycles. The lowest BCUT2D eigenvalue weighted by atomic mass is 10.2. The predicted molar refractivity (Wildman–Crippen MR) is 103 cm³/mol. The second kappa shape index (κ2) is 10.3. The van der Waals surface area contributed by atoms with E-state index < -0.39 is 34.5 Å². The average Bonchev–Trinajstić information content (AvgIpc) is 2.71. The average molecular weight is 427 g/mol. The van der Waals surface area contributed by atoms with Crippen LogP contribution >= 0.6 is 0 Å². The molecular formula is C18H25N3O7S. The number of benzene rings is 1. The maximum Gasteiger partial charge on any atom is 0.338 e. The van der Waals surface area contributed by atoms with Crippen LogP contribution in [-0.4, -0.2) is 70.1 Å². The Labute approximate surface area is 169 Å². The molecule has 2 rings (SSSR count). The van der Waals surface area contributed by atoms with E-state index in [4.69, 9.17) is 9.47 Å². The van der Waals surface area contributed by atoms with Gasteiger partial charge in [-0.25, -0.2) is 18.0 Å². The van der Waals surface area contributed by atoms with Crippen molar-refractivity contribution in [2.75, 3.05) is 39.5 Å². The molecule has 1 saturated heterocycles. The summed E-state index contributed by atoms with van der Waals surface area (Å²) in [5.74, 6) is -1.35. The van der Waals surface area contributed by atoms with Crippen molar-refractivity contribution < 1.29 is 32.3 Å².